The molecule has 0 aliphatic heterocycles. The van der Waals surface area contributed by atoms with Crippen molar-refractivity contribution in [3.8, 4) is 5.69 Å². The topological polar surface area (TPSA) is 85.2 Å². The van der Waals surface area contributed by atoms with Crippen LogP contribution in [0.25, 0.3) is 5.69 Å². The van der Waals surface area contributed by atoms with Crippen LogP contribution in [0.1, 0.15) is 27.2 Å². The van der Waals surface area contributed by atoms with Crippen molar-refractivity contribution >= 4 is 15.7 Å². The molecule has 0 unspecified atom stereocenters. The van der Waals surface area contributed by atoms with Crippen LogP contribution < -0.4 is 10.9 Å². The van der Waals surface area contributed by atoms with Crippen LogP contribution in [0.4, 0.5) is 17.6 Å². The Kier molecular flexibility index (Phi) is 6.46. The number of aromatic nitrogens is 1. The zero-order valence-electron chi connectivity index (χ0n) is 17.4. The van der Waals surface area contributed by atoms with Crippen molar-refractivity contribution < 1.29 is 30.8 Å². The Labute approximate surface area is 186 Å². The summed E-state index contributed by atoms with van der Waals surface area (Å²) in [7, 11) is -3.40. The minimum Gasteiger partial charge on any atom is -0.348 e. The second kappa shape index (κ2) is 8.81. The number of carbonyl (C=O) groups is 1. The second-order valence-electron chi connectivity index (χ2n) is 7.28. The zero-order valence-corrected chi connectivity index (χ0v) is 18.2. The third kappa shape index (κ3) is 5.30. The van der Waals surface area contributed by atoms with Gasteiger partial charge in [-0.25, -0.2) is 12.8 Å². The van der Waals surface area contributed by atoms with E-state index in [1.807, 2.05) is 0 Å². The number of nitrogens with zero attached hydrogens (tertiary/aromatic N) is 1. The van der Waals surface area contributed by atoms with Gasteiger partial charge in [0.2, 0.25) is 0 Å². The first-order valence-corrected chi connectivity index (χ1v) is 11.3. The molecule has 0 radical (unpaired) electrons. The first-order valence-electron chi connectivity index (χ1n) is 9.46. The summed E-state index contributed by atoms with van der Waals surface area (Å²) in [4.78, 5) is 25.6. The molecule has 1 amide bonds. The normalized spacial score (nSPS) is 11.9. The van der Waals surface area contributed by atoms with Gasteiger partial charge in [0.15, 0.2) is 9.84 Å². The van der Waals surface area contributed by atoms with Crippen molar-refractivity contribution in [1.82, 2.24) is 9.88 Å². The summed E-state index contributed by atoms with van der Waals surface area (Å²) in [6, 6.07) is 10.1. The Morgan fingerprint density at radius 1 is 1.06 bits per heavy atom. The van der Waals surface area contributed by atoms with Gasteiger partial charge in [-0.2, -0.15) is 13.2 Å². The lowest BCUT2D eigenvalue weighted by atomic mass is 10.1. The van der Waals surface area contributed by atoms with Crippen molar-refractivity contribution in [2.45, 2.75) is 24.5 Å². The summed E-state index contributed by atoms with van der Waals surface area (Å²) in [5, 5.41) is 2.43. The van der Waals surface area contributed by atoms with Crippen molar-refractivity contribution in [2.75, 3.05) is 6.26 Å². The molecule has 0 fully saturated rings. The maximum Gasteiger partial charge on any atom is 0.416 e. The molecule has 1 aromatic heterocycles. The molecule has 11 heteroatoms. The number of pyridine rings is 1. The Morgan fingerprint density at radius 3 is 2.27 bits per heavy atom. The minimum atomic E-state index is -4.67. The molecule has 0 aliphatic carbocycles. The molecular weight excluding hydrogens is 464 g/mol. The van der Waals surface area contributed by atoms with E-state index in [4.69, 9.17) is 0 Å². The fourth-order valence-electron chi connectivity index (χ4n) is 3.10. The summed E-state index contributed by atoms with van der Waals surface area (Å²) in [5.74, 6) is -1.89. The Morgan fingerprint density at radius 2 is 1.70 bits per heavy atom. The standard InChI is InChI=1S/C22H18F4N2O4S/c1-13-19(23)11-18(20(29)27-12-14-6-8-17(9-7-14)33(2,31)32)21(30)28(13)16-5-3-4-15(10-16)22(24,25)26/h3-11H,12H2,1-2H3,(H,27,29). The molecule has 0 saturated heterocycles. The third-order valence-electron chi connectivity index (χ3n) is 4.87. The molecule has 0 atom stereocenters. The summed E-state index contributed by atoms with van der Waals surface area (Å²) in [5.41, 5.74) is -2.59. The maximum absolute atomic E-state index is 14.5. The first kappa shape index (κ1) is 24.2. The number of sulfone groups is 1. The van der Waals surface area contributed by atoms with Crippen LogP contribution in [0, 0.1) is 12.7 Å². The lowest BCUT2D eigenvalue weighted by Crippen LogP contribution is -2.34. The van der Waals surface area contributed by atoms with E-state index < -0.39 is 44.4 Å². The molecule has 0 bridgehead atoms. The van der Waals surface area contributed by atoms with Gasteiger partial charge in [-0.3, -0.25) is 14.2 Å². The number of hydrogen-bond donors (Lipinski definition) is 1. The van der Waals surface area contributed by atoms with E-state index in [0.29, 0.717) is 16.2 Å². The van der Waals surface area contributed by atoms with Gasteiger partial charge in [0.05, 0.1) is 16.2 Å². The van der Waals surface area contributed by atoms with Crippen molar-refractivity contribution in [1.29, 1.82) is 0 Å². The molecular formula is C22H18F4N2O4S. The molecule has 1 heterocycles. The predicted octanol–water partition coefficient (Wildman–Crippen LogP) is 3.64. The number of carbonyl (C=O) groups excluding carboxylic acids is 1. The second-order valence-corrected chi connectivity index (χ2v) is 9.29. The van der Waals surface area contributed by atoms with E-state index in [9.17, 15) is 35.6 Å². The third-order valence-corrected chi connectivity index (χ3v) is 5.99. The van der Waals surface area contributed by atoms with E-state index >= 15 is 0 Å². The number of hydrogen-bond acceptors (Lipinski definition) is 4. The van der Waals surface area contributed by atoms with E-state index in [1.54, 1.807) is 0 Å². The molecule has 3 aromatic rings. The van der Waals surface area contributed by atoms with Crippen LogP contribution in [-0.4, -0.2) is 25.1 Å². The van der Waals surface area contributed by atoms with Crippen LogP contribution in [0.2, 0.25) is 0 Å². The minimum absolute atomic E-state index is 0.0853. The largest absolute Gasteiger partial charge is 0.416 e. The van der Waals surface area contributed by atoms with Crippen molar-refractivity contribution in [3.05, 3.63) is 93.2 Å². The fraction of sp³-hybridized carbons (Fsp3) is 0.182. The van der Waals surface area contributed by atoms with E-state index in [1.165, 1.54) is 37.3 Å². The number of amides is 1. The van der Waals surface area contributed by atoms with Crippen LogP contribution >= 0.6 is 0 Å². The molecule has 0 aliphatic rings. The molecule has 0 spiro atoms. The van der Waals surface area contributed by atoms with E-state index in [0.717, 1.165) is 24.5 Å². The molecule has 2 aromatic carbocycles. The summed E-state index contributed by atoms with van der Waals surface area (Å²) in [6.07, 6.45) is -3.63. The molecule has 6 nitrogen and oxygen atoms in total. The SMILES string of the molecule is Cc1c(F)cc(C(=O)NCc2ccc(S(C)(=O)=O)cc2)c(=O)n1-c1cccc(C(F)(F)F)c1. The van der Waals surface area contributed by atoms with Gasteiger partial charge in [-0.1, -0.05) is 18.2 Å². The lowest BCUT2D eigenvalue weighted by Gasteiger charge is -2.15. The summed E-state index contributed by atoms with van der Waals surface area (Å²) in [6.45, 7) is 1.11. The molecule has 174 valence electrons. The Balaban J connectivity index is 1.93. The summed E-state index contributed by atoms with van der Waals surface area (Å²) >= 11 is 0. The molecule has 33 heavy (non-hydrogen) atoms. The summed E-state index contributed by atoms with van der Waals surface area (Å²) < 4.78 is 77.4. The highest BCUT2D eigenvalue weighted by molar-refractivity contribution is 7.90. The number of nitrogens with one attached hydrogen (secondary N) is 1. The molecule has 1 N–H and O–H groups in total. The highest BCUT2D eigenvalue weighted by Gasteiger charge is 2.31. The van der Waals surface area contributed by atoms with Crippen LogP contribution in [0.3, 0.4) is 0 Å². The van der Waals surface area contributed by atoms with Gasteiger partial charge < -0.3 is 5.32 Å². The average molecular weight is 482 g/mol. The van der Waals surface area contributed by atoms with Gasteiger partial charge in [-0.05, 0) is 48.9 Å². The van der Waals surface area contributed by atoms with Gasteiger partial charge in [0.25, 0.3) is 11.5 Å². The maximum atomic E-state index is 14.5. The molecule has 0 saturated carbocycles. The number of rotatable bonds is 5. The monoisotopic (exact) mass is 482 g/mol. The smallest absolute Gasteiger partial charge is 0.348 e. The van der Waals surface area contributed by atoms with Crippen LogP contribution in [0.5, 0.6) is 0 Å². The predicted molar refractivity (Wildman–Crippen MR) is 112 cm³/mol. The zero-order chi connectivity index (χ0) is 24.6. The van der Waals surface area contributed by atoms with Gasteiger partial charge in [0, 0.05) is 18.5 Å². The van der Waals surface area contributed by atoms with E-state index in [2.05, 4.69) is 5.32 Å². The fourth-order valence-corrected chi connectivity index (χ4v) is 3.73. The first-order chi connectivity index (χ1) is 15.3. The van der Waals surface area contributed by atoms with Gasteiger partial charge in [-0.15, -0.1) is 0 Å². The number of benzene rings is 2. The van der Waals surface area contributed by atoms with Gasteiger partial charge in [0.1, 0.15) is 11.4 Å². The number of halogens is 4. The van der Waals surface area contributed by atoms with Gasteiger partial charge >= 0.3 is 6.18 Å². The van der Waals surface area contributed by atoms with Crippen LogP contribution in [0.15, 0.2) is 64.3 Å². The van der Waals surface area contributed by atoms with E-state index in [-0.39, 0.29) is 22.8 Å². The quantitative estimate of drug-likeness (QED) is 0.563. The highest BCUT2D eigenvalue weighted by atomic mass is 32.2. The Bertz CT molecular complexity index is 1380. The lowest BCUT2D eigenvalue weighted by molar-refractivity contribution is -0.137. The van der Waals surface area contributed by atoms with Crippen LogP contribution in [-0.2, 0) is 22.6 Å². The van der Waals surface area contributed by atoms with Crippen molar-refractivity contribution in [2.24, 2.45) is 0 Å². The molecule has 3 rings (SSSR count). The highest BCUT2D eigenvalue weighted by Crippen LogP contribution is 2.30. The Hall–Kier alpha value is -3.47. The van der Waals surface area contributed by atoms with Crippen molar-refractivity contribution in [3.63, 3.8) is 0 Å². The number of alkyl halides is 3. The average Bonchev–Trinajstić information content (AvgIpc) is 2.74.